The highest BCUT2D eigenvalue weighted by Gasteiger charge is 2.31. The van der Waals surface area contributed by atoms with Crippen molar-refractivity contribution in [3.05, 3.63) is 30.1 Å². The lowest BCUT2D eigenvalue weighted by molar-refractivity contribution is -0.118. The fourth-order valence-electron chi connectivity index (χ4n) is 2.35. The topological polar surface area (TPSA) is 88.9 Å². The summed E-state index contributed by atoms with van der Waals surface area (Å²) in [6, 6.07) is 7.55. The fourth-order valence-corrected chi connectivity index (χ4v) is 3.18. The minimum atomic E-state index is -0.118. The standard InChI is InChI=1S/C16H19N5O2S/c1-10(22)18-12-4-3-5-13(8-12)21-15(11-6-7-11)19-20-16(21)24-9-14(23)17-2/h3-5,8,11H,6-7,9H2,1-2H3,(H,17,23)(H,18,22). The van der Waals surface area contributed by atoms with Gasteiger partial charge < -0.3 is 10.6 Å². The van der Waals surface area contributed by atoms with Gasteiger partial charge in [-0.15, -0.1) is 10.2 Å². The molecule has 0 radical (unpaired) electrons. The molecule has 126 valence electrons. The molecule has 1 aromatic carbocycles. The second-order valence-corrected chi connectivity index (χ2v) is 6.59. The molecule has 1 fully saturated rings. The summed E-state index contributed by atoms with van der Waals surface area (Å²) in [5, 5.41) is 14.7. The zero-order valence-electron chi connectivity index (χ0n) is 13.6. The van der Waals surface area contributed by atoms with Gasteiger partial charge in [-0.05, 0) is 31.0 Å². The van der Waals surface area contributed by atoms with Gasteiger partial charge in [0.15, 0.2) is 5.16 Å². The maximum absolute atomic E-state index is 11.5. The van der Waals surface area contributed by atoms with Crippen LogP contribution in [-0.4, -0.2) is 39.4 Å². The van der Waals surface area contributed by atoms with Crippen molar-refractivity contribution >= 4 is 29.3 Å². The summed E-state index contributed by atoms with van der Waals surface area (Å²) in [7, 11) is 1.61. The van der Waals surface area contributed by atoms with E-state index in [2.05, 4.69) is 20.8 Å². The van der Waals surface area contributed by atoms with Crippen molar-refractivity contribution in [3.63, 3.8) is 0 Å². The molecule has 0 bridgehead atoms. The van der Waals surface area contributed by atoms with E-state index in [1.54, 1.807) is 7.05 Å². The minimum absolute atomic E-state index is 0.0606. The zero-order chi connectivity index (χ0) is 17.1. The number of carbonyl (C=O) groups is 2. The molecular weight excluding hydrogens is 326 g/mol. The molecule has 0 atom stereocenters. The molecule has 0 unspecified atom stereocenters. The Hall–Kier alpha value is -2.35. The molecule has 0 spiro atoms. The summed E-state index contributed by atoms with van der Waals surface area (Å²) in [4.78, 5) is 22.8. The summed E-state index contributed by atoms with van der Waals surface area (Å²) in [6.45, 7) is 1.48. The van der Waals surface area contributed by atoms with Crippen molar-refractivity contribution in [2.45, 2.75) is 30.8 Å². The van der Waals surface area contributed by atoms with Crippen LogP contribution in [0.4, 0.5) is 5.69 Å². The fraction of sp³-hybridized carbons (Fsp3) is 0.375. The lowest BCUT2D eigenvalue weighted by atomic mass is 10.2. The van der Waals surface area contributed by atoms with Crippen molar-refractivity contribution in [2.24, 2.45) is 0 Å². The van der Waals surface area contributed by atoms with E-state index in [-0.39, 0.29) is 17.6 Å². The number of thioether (sulfide) groups is 1. The van der Waals surface area contributed by atoms with Crippen LogP contribution in [0.25, 0.3) is 5.69 Å². The molecule has 1 aliphatic carbocycles. The predicted octanol–water partition coefficient (Wildman–Crippen LogP) is 1.94. The third-order valence-electron chi connectivity index (χ3n) is 3.64. The van der Waals surface area contributed by atoms with Crippen LogP contribution in [0.15, 0.2) is 29.4 Å². The molecule has 1 aromatic heterocycles. The maximum Gasteiger partial charge on any atom is 0.230 e. The Balaban J connectivity index is 1.94. The average Bonchev–Trinajstić information content (AvgIpc) is 3.32. The number of benzene rings is 1. The highest BCUT2D eigenvalue weighted by atomic mass is 32.2. The molecule has 2 amide bonds. The first-order chi connectivity index (χ1) is 11.6. The summed E-state index contributed by atoms with van der Waals surface area (Å²) < 4.78 is 1.98. The number of hydrogen-bond acceptors (Lipinski definition) is 5. The van der Waals surface area contributed by atoms with Crippen molar-refractivity contribution < 1.29 is 9.59 Å². The summed E-state index contributed by atoms with van der Waals surface area (Å²) in [6.07, 6.45) is 2.20. The van der Waals surface area contributed by atoms with Gasteiger partial charge in [0.1, 0.15) is 5.82 Å². The molecule has 7 nitrogen and oxygen atoms in total. The molecule has 24 heavy (non-hydrogen) atoms. The Morgan fingerprint density at radius 1 is 1.33 bits per heavy atom. The monoisotopic (exact) mass is 345 g/mol. The lowest BCUT2D eigenvalue weighted by Crippen LogP contribution is -2.20. The van der Waals surface area contributed by atoms with Crippen molar-refractivity contribution in [1.82, 2.24) is 20.1 Å². The SMILES string of the molecule is CNC(=O)CSc1nnc(C2CC2)n1-c1cccc(NC(C)=O)c1. The van der Waals surface area contributed by atoms with Crippen LogP contribution in [-0.2, 0) is 9.59 Å². The first kappa shape index (κ1) is 16.5. The summed E-state index contributed by atoms with van der Waals surface area (Å²) in [5.41, 5.74) is 1.60. The van der Waals surface area contributed by atoms with Crippen molar-refractivity contribution in [3.8, 4) is 5.69 Å². The number of aromatic nitrogens is 3. The van der Waals surface area contributed by atoms with Crippen LogP contribution in [0.2, 0.25) is 0 Å². The van der Waals surface area contributed by atoms with Gasteiger partial charge >= 0.3 is 0 Å². The van der Waals surface area contributed by atoms with Gasteiger partial charge in [-0.25, -0.2) is 0 Å². The van der Waals surface area contributed by atoms with Crippen molar-refractivity contribution in [1.29, 1.82) is 0 Å². The van der Waals surface area contributed by atoms with E-state index in [0.717, 1.165) is 30.0 Å². The largest absolute Gasteiger partial charge is 0.358 e. The van der Waals surface area contributed by atoms with E-state index in [1.807, 2.05) is 28.8 Å². The summed E-state index contributed by atoms with van der Waals surface area (Å²) >= 11 is 1.35. The van der Waals surface area contributed by atoms with E-state index in [1.165, 1.54) is 18.7 Å². The Morgan fingerprint density at radius 3 is 2.79 bits per heavy atom. The number of hydrogen-bond donors (Lipinski definition) is 2. The van der Waals surface area contributed by atoms with Crippen molar-refractivity contribution in [2.75, 3.05) is 18.1 Å². The van der Waals surface area contributed by atoms with E-state index >= 15 is 0 Å². The number of nitrogens with zero attached hydrogens (tertiary/aromatic N) is 3. The number of rotatable bonds is 6. The Bertz CT molecular complexity index is 770. The molecule has 0 saturated heterocycles. The second-order valence-electron chi connectivity index (χ2n) is 5.64. The molecular formula is C16H19N5O2S. The van der Waals surface area contributed by atoms with E-state index in [4.69, 9.17) is 0 Å². The maximum atomic E-state index is 11.5. The van der Waals surface area contributed by atoms with Crippen LogP contribution < -0.4 is 10.6 Å². The van der Waals surface area contributed by atoms with Crippen LogP contribution in [0, 0.1) is 0 Å². The van der Waals surface area contributed by atoms with Crippen LogP contribution in [0.1, 0.15) is 31.5 Å². The van der Waals surface area contributed by atoms with Gasteiger partial charge in [0, 0.05) is 25.6 Å². The van der Waals surface area contributed by atoms with E-state index < -0.39 is 0 Å². The molecule has 1 heterocycles. The first-order valence-corrected chi connectivity index (χ1v) is 8.73. The highest BCUT2D eigenvalue weighted by molar-refractivity contribution is 7.99. The molecule has 1 aliphatic rings. The Labute approximate surface area is 144 Å². The third kappa shape index (κ3) is 3.76. The predicted molar refractivity (Wildman–Crippen MR) is 92.4 cm³/mol. The molecule has 2 N–H and O–H groups in total. The first-order valence-electron chi connectivity index (χ1n) is 7.75. The summed E-state index contributed by atoms with van der Waals surface area (Å²) in [5.74, 6) is 1.43. The lowest BCUT2D eigenvalue weighted by Gasteiger charge is -2.11. The van der Waals surface area contributed by atoms with Gasteiger partial charge in [0.25, 0.3) is 0 Å². The zero-order valence-corrected chi connectivity index (χ0v) is 14.4. The van der Waals surface area contributed by atoms with Gasteiger partial charge in [0.2, 0.25) is 11.8 Å². The smallest absolute Gasteiger partial charge is 0.230 e. The number of nitrogens with one attached hydrogen (secondary N) is 2. The number of amides is 2. The molecule has 3 rings (SSSR count). The van der Waals surface area contributed by atoms with Crippen LogP contribution in [0.3, 0.4) is 0 Å². The minimum Gasteiger partial charge on any atom is -0.358 e. The van der Waals surface area contributed by atoms with Gasteiger partial charge in [0.05, 0.1) is 11.4 Å². The van der Waals surface area contributed by atoms with E-state index in [9.17, 15) is 9.59 Å². The normalized spacial score (nSPS) is 13.6. The van der Waals surface area contributed by atoms with Crippen LogP contribution >= 0.6 is 11.8 Å². The van der Waals surface area contributed by atoms with Gasteiger partial charge in [-0.2, -0.15) is 0 Å². The highest BCUT2D eigenvalue weighted by Crippen LogP contribution is 2.41. The van der Waals surface area contributed by atoms with Crippen LogP contribution in [0.5, 0.6) is 0 Å². The quantitative estimate of drug-likeness (QED) is 0.781. The second kappa shape index (κ2) is 7.04. The van der Waals surface area contributed by atoms with Gasteiger partial charge in [-0.3, -0.25) is 14.2 Å². The number of carbonyl (C=O) groups excluding carboxylic acids is 2. The molecule has 0 aliphatic heterocycles. The number of anilines is 1. The molecule has 1 saturated carbocycles. The van der Waals surface area contributed by atoms with E-state index in [0.29, 0.717) is 11.1 Å². The molecule has 2 aromatic rings. The Kier molecular flexibility index (Phi) is 4.84. The Morgan fingerprint density at radius 2 is 2.12 bits per heavy atom. The average molecular weight is 345 g/mol. The molecule has 8 heteroatoms. The third-order valence-corrected chi connectivity index (χ3v) is 4.57. The van der Waals surface area contributed by atoms with Gasteiger partial charge in [-0.1, -0.05) is 17.8 Å².